The summed E-state index contributed by atoms with van der Waals surface area (Å²) >= 11 is 11.7. The third kappa shape index (κ3) is 2.30. The van der Waals surface area contributed by atoms with Gasteiger partial charge in [-0.15, -0.1) is 0 Å². The second-order valence-electron chi connectivity index (χ2n) is 6.18. The van der Waals surface area contributed by atoms with Crippen molar-refractivity contribution in [1.29, 1.82) is 0 Å². The molecule has 0 heterocycles. The van der Waals surface area contributed by atoms with Crippen molar-refractivity contribution in [3.05, 3.63) is 33.8 Å². The molecule has 0 amide bonds. The van der Waals surface area contributed by atoms with E-state index < -0.39 is 41.1 Å². The van der Waals surface area contributed by atoms with Gasteiger partial charge in [-0.3, -0.25) is 4.79 Å². The monoisotopic (exact) mass is 377 g/mol. The Kier molecular flexibility index (Phi) is 4.03. The van der Waals surface area contributed by atoms with E-state index in [0.29, 0.717) is 15.6 Å². The van der Waals surface area contributed by atoms with Crippen molar-refractivity contribution >= 4 is 35.1 Å². The molecule has 0 aliphatic heterocycles. The molecule has 4 N–H and O–H groups in total. The molecule has 1 aromatic rings. The standard InChI is InChI=1S/C15H14Cl2FNO5/c16-8-2-1-6(3-9(8)17)5-24-10-4-7-11(14(7,18)12(20)21)15(10,19)13(22)23/h1-3,7,10-11H,4-5,19H2,(H,20,21)(H,22,23)/t7-,10-,11-,14-,15+/m1/s1. The Morgan fingerprint density at radius 3 is 2.50 bits per heavy atom. The minimum absolute atomic E-state index is 0.000414. The highest BCUT2D eigenvalue weighted by atomic mass is 35.5. The summed E-state index contributed by atoms with van der Waals surface area (Å²) in [6.45, 7) is -0.000414. The molecule has 0 aromatic heterocycles. The van der Waals surface area contributed by atoms with Crippen molar-refractivity contribution in [3.8, 4) is 0 Å². The van der Waals surface area contributed by atoms with Crippen LogP contribution < -0.4 is 5.73 Å². The number of carbonyl (C=O) groups is 2. The predicted octanol–water partition coefficient (Wildman–Crippen LogP) is 2.10. The first kappa shape index (κ1) is 17.4. The molecule has 2 saturated carbocycles. The van der Waals surface area contributed by atoms with E-state index >= 15 is 0 Å². The molecule has 2 aliphatic rings. The number of hydrogen-bond donors (Lipinski definition) is 3. The van der Waals surface area contributed by atoms with Crippen LogP contribution in [0.2, 0.25) is 10.0 Å². The van der Waals surface area contributed by atoms with Crippen LogP contribution in [0.5, 0.6) is 0 Å². The summed E-state index contributed by atoms with van der Waals surface area (Å²) < 4.78 is 20.0. The lowest BCUT2D eigenvalue weighted by molar-refractivity contribution is -0.156. The summed E-state index contributed by atoms with van der Waals surface area (Å²) in [5, 5.41) is 19.1. The van der Waals surface area contributed by atoms with Crippen molar-refractivity contribution < 1.29 is 28.9 Å². The summed E-state index contributed by atoms with van der Waals surface area (Å²) in [5.41, 5.74) is 1.84. The van der Waals surface area contributed by atoms with E-state index in [1.54, 1.807) is 18.2 Å². The second kappa shape index (κ2) is 5.56. The second-order valence-corrected chi connectivity index (χ2v) is 6.99. The Morgan fingerprint density at radius 2 is 1.96 bits per heavy atom. The third-order valence-corrected chi connectivity index (χ3v) is 5.67. The number of hydrogen-bond acceptors (Lipinski definition) is 4. The lowest BCUT2D eigenvalue weighted by atomic mass is 9.88. The van der Waals surface area contributed by atoms with Gasteiger partial charge in [0.2, 0.25) is 5.67 Å². The highest BCUT2D eigenvalue weighted by molar-refractivity contribution is 6.42. The minimum Gasteiger partial charge on any atom is -0.480 e. The Hall–Kier alpha value is -1.41. The molecule has 0 radical (unpaired) electrons. The van der Waals surface area contributed by atoms with Gasteiger partial charge in [-0.1, -0.05) is 29.3 Å². The summed E-state index contributed by atoms with van der Waals surface area (Å²) in [4.78, 5) is 22.7. The Bertz CT molecular complexity index is 732. The fraction of sp³-hybridized carbons (Fsp3) is 0.467. The Labute approximate surface area is 146 Å². The maximum Gasteiger partial charge on any atom is 0.342 e. The van der Waals surface area contributed by atoms with Crippen LogP contribution in [0.1, 0.15) is 12.0 Å². The van der Waals surface area contributed by atoms with Gasteiger partial charge in [-0.05, 0) is 24.1 Å². The molecular formula is C15H14Cl2FNO5. The summed E-state index contributed by atoms with van der Waals surface area (Å²) in [6.07, 6.45) is -1.07. The quantitative estimate of drug-likeness (QED) is 0.724. The van der Waals surface area contributed by atoms with Gasteiger partial charge in [0, 0.05) is 11.8 Å². The Balaban J connectivity index is 1.76. The smallest absolute Gasteiger partial charge is 0.342 e. The maximum atomic E-state index is 14.4. The van der Waals surface area contributed by atoms with E-state index in [1.807, 2.05) is 0 Å². The molecule has 0 saturated heterocycles. The van der Waals surface area contributed by atoms with Gasteiger partial charge >= 0.3 is 11.9 Å². The van der Waals surface area contributed by atoms with Crippen LogP contribution in [0.3, 0.4) is 0 Å². The number of fused-ring (bicyclic) bond motifs is 1. The predicted molar refractivity (Wildman–Crippen MR) is 82.7 cm³/mol. The normalized spacial score (nSPS) is 37.1. The van der Waals surface area contributed by atoms with E-state index in [0.717, 1.165) is 0 Å². The van der Waals surface area contributed by atoms with Crippen LogP contribution in [0.4, 0.5) is 4.39 Å². The van der Waals surface area contributed by atoms with Gasteiger partial charge in [-0.25, -0.2) is 9.18 Å². The minimum atomic E-state index is -2.60. The molecule has 130 valence electrons. The molecule has 5 atom stereocenters. The number of alkyl halides is 1. The topological polar surface area (TPSA) is 110 Å². The summed E-state index contributed by atoms with van der Waals surface area (Å²) in [5.74, 6) is -5.43. The highest BCUT2D eigenvalue weighted by Gasteiger charge is 2.85. The van der Waals surface area contributed by atoms with E-state index in [-0.39, 0.29) is 13.0 Å². The molecule has 6 nitrogen and oxygen atoms in total. The fourth-order valence-electron chi connectivity index (χ4n) is 3.63. The van der Waals surface area contributed by atoms with Crippen LogP contribution >= 0.6 is 23.2 Å². The molecule has 24 heavy (non-hydrogen) atoms. The molecule has 2 fully saturated rings. The number of aliphatic carboxylic acids is 2. The number of rotatable bonds is 5. The lowest BCUT2D eigenvalue weighted by Gasteiger charge is -2.31. The van der Waals surface area contributed by atoms with Crippen LogP contribution in [0.15, 0.2) is 18.2 Å². The largest absolute Gasteiger partial charge is 0.480 e. The molecule has 2 aliphatic carbocycles. The van der Waals surface area contributed by atoms with Crippen LogP contribution in [-0.4, -0.2) is 39.5 Å². The van der Waals surface area contributed by atoms with Gasteiger partial charge in [0.1, 0.15) is 5.54 Å². The van der Waals surface area contributed by atoms with E-state index in [4.69, 9.17) is 38.8 Å². The van der Waals surface area contributed by atoms with Crippen LogP contribution in [0.25, 0.3) is 0 Å². The summed E-state index contributed by atoms with van der Waals surface area (Å²) in [6, 6.07) is 4.79. The van der Waals surface area contributed by atoms with Gasteiger partial charge in [-0.2, -0.15) is 0 Å². The summed E-state index contributed by atoms with van der Waals surface area (Å²) in [7, 11) is 0. The van der Waals surface area contributed by atoms with Crippen LogP contribution in [0, 0.1) is 11.8 Å². The maximum absolute atomic E-state index is 14.4. The molecule has 9 heteroatoms. The van der Waals surface area contributed by atoms with E-state index in [2.05, 4.69) is 0 Å². The van der Waals surface area contributed by atoms with Gasteiger partial charge in [0.15, 0.2) is 0 Å². The van der Waals surface area contributed by atoms with Crippen molar-refractivity contribution in [3.63, 3.8) is 0 Å². The SMILES string of the molecule is N[C@@]1(C(=O)O)[C@H](OCc2ccc(Cl)c(Cl)c2)C[C@@H]2[C@@H]1[C@@]2(F)C(=O)O. The Morgan fingerprint density at radius 1 is 1.29 bits per heavy atom. The van der Waals surface area contributed by atoms with Crippen molar-refractivity contribution in [2.75, 3.05) is 0 Å². The van der Waals surface area contributed by atoms with E-state index in [1.165, 1.54) is 0 Å². The van der Waals surface area contributed by atoms with Crippen molar-refractivity contribution in [2.24, 2.45) is 17.6 Å². The molecule has 1 aromatic carbocycles. The van der Waals surface area contributed by atoms with Crippen LogP contribution in [-0.2, 0) is 20.9 Å². The number of halogens is 3. The molecule has 0 spiro atoms. The third-order valence-electron chi connectivity index (χ3n) is 4.93. The number of benzene rings is 1. The zero-order valence-corrected chi connectivity index (χ0v) is 13.7. The first-order valence-electron chi connectivity index (χ1n) is 7.13. The molecule has 3 rings (SSSR count). The average Bonchev–Trinajstić information content (AvgIpc) is 2.98. The van der Waals surface area contributed by atoms with Gasteiger partial charge in [0.05, 0.1) is 22.8 Å². The highest BCUT2D eigenvalue weighted by Crippen LogP contribution is 2.67. The number of nitrogens with two attached hydrogens (primary N) is 1. The average molecular weight is 378 g/mol. The van der Waals surface area contributed by atoms with Crippen molar-refractivity contribution in [1.82, 2.24) is 0 Å². The zero-order valence-electron chi connectivity index (χ0n) is 12.2. The fourth-order valence-corrected chi connectivity index (χ4v) is 3.95. The van der Waals surface area contributed by atoms with E-state index in [9.17, 15) is 19.1 Å². The molecular weight excluding hydrogens is 364 g/mol. The lowest BCUT2D eigenvalue weighted by Crippen LogP contribution is -2.60. The van der Waals surface area contributed by atoms with Gasteiger partial charge in [0.25, 0.3) is 0 Å². The van der Waals surface area contributed by atoms with Crippen molar-refractivity contribution in [2.45, 2.75) is 30.3 Å². The first-order valence-corrected chi connectivity index (χ1v) is 7.89. The number of ether oxygens (including phenoxy) is 1. The van der Waals surface area contributed by atoms with Gasteiger partial charge < -0.3 is 20.7 Å². The zero-order chi connectivity index (χ0) is 17.9. The first-order chi connectivity index (χ1) is 11.1. The number of carboxylic acid groups (broad SMARTS) is 2. The molecule has 0 unspecified atom stereocenters. The molecule has 0 bridgehead atoms. The number of carboxylic acids is 2.